The predicted molar refractivity (Wildman–Crippen MR) is 71.0 cm³/mol. The Labute approximate surface area is 97.0 Å². The Morgan fingerprint density at radius 1 is 1.13 bits per heavy atom. The Hall–Kier alpha value is 0.430. The maximum absolute atomic E-state index is 2.60. The second-order valence-electron chi connectivity index (χ2n) is 6.35. The first kappa shape index (κ1) is 11.9. The lowest BCUT2D eigenvalue weighted by molar-refractivity contribution is 0.155. The molecule has 2 aliphatic rings. The molecule has 1 heteroatoms. The molecule has 0 aromatic carbocycles. The number of rotatable bonds is 3. The molecule has 0 saturated heterocycles. The van der Waals surface area contributed by atoms with Crippen LogP contribution in [0.4, 0.5) is 0 Å². The first-order chi connectivity index (χ1) is 6.97. The molecule has 0 heterocycles. The van der Waals surface area contributed by atoms with Crippen molar-refractivity contribution in [1.82, 2.24) is 0 Å². The van der Waals surface area contributed by atoms with E-state index in [1.54, 1.807) is 6.42 Å². The van der Waals surface area contributed by atoms with Gasteiger partial charge in [0.05, 0.1) is 0 Å². The summed E-state index contributed by atoms with van der Waals surface area (Å²) in [6.45, 7) is 12.5. The van der Waals surface area contributed by atoms with Crippen LogP contribution in [0.2, 0.25) is 0 Å². The van der Waals surface area contributed by atoms with E-state index in [0.29, 0.717) is 18.8 Å². The number of fused-ring (bicyclic) bond motifs is 2. The number of hydrogen-bond acceptors (Lipinski definition) is 0. The topological polar surface area (TPSA) is 0 Å². The highest BCUT2D eigenvalue weighted by atomic mass is 31.1. The SMILES string of the molecule is CCP(CC)C1CC2CCC1(C)C2(C)C. The zero-order valence-electron chi connectivity index (χ0n) is 11.1. The fourth-order valence-electron chi connectivity index (χ4n) is 4.38. The van der Waals surface area contributed by atoms with Gasteiger partial charge < -0.3 is 0 Å². The van der Waals surface area contributed by atoms with Crippen molar-refractivity contribution in [2.24, 2.45) is 16.7 Å². The van der Waals surface area contributed by atoms with Gasteiger partial charge in [0.2, 0.25) is 0 Å². The summed E-state index contributed by atoms with van der Waals surface area (Å²) in [4.78, 5) is 0. The van der Waals surface area contributed by atoms with Crippen LogP contribution in [-0.2, 0) is 0 Å². The normalized spacial score (nSPS) is 42.8. The summed E-state index contributed by atoms with van der Waals surface area (Å²) in [5, 5.41) is 0. The van der Waals surface area contributed by atoms with Crippen LogP contribution in [0.5, 0.6) is 0 Å². The van der Waals surface area contributed by atoms with Crippen LogP contribution < -0.4 is 0 Å². The van der Waals surface area contributed by atoms with Crippen molar-refractivity contribution >= 4 is 7.92 Å². The molecule has 3 atom stereocenters. The minimum absolute atomic E-state index is 0.321. The van der Waals surface area contributed by atoms with Gasteiger partial charge in [-0.1, -0.05) is 34.6 Å². The molecule has 2 aliphatic carbocycles. The van der Waals surface area contributed by atoms with Crippen molar-refractivity contribution < 1.29 is 0 Å². The Morgan fingerprint density at radius 2 is 1.73 bits per heavy atom. The van der Waals surface area contributed by atoms with E-state index < -0.39 is 0 Å². The van der Waals surface area contributed by atoms with E-state index in [1.807, 2.05) is 0 Å². The molecular weight excluding hydrogens is 199 g/mol. The van der Waals surface area contributed by atoms with Crippen LogP contribution in [0.1, 0.15) is 53.9 Å². The first-order valence-electron chi connectivity index (χ1n) is 6.71. The van der Waals surface area contributed by atoms with Gasteiger partial charge >= 0.3 is 0 Å². The molecule has 0 N–H and O–H groups in total. The van der Waals surface area contributed by atoms with Crippen LogP contribution in [-0.4, -0.2) is 18.0 Å². The van der Waals surface area contributed by atoms with Gasteiger partial charge in [0.15, 0.2) is 0 Å². The summed E-state index contributed by atoms with van der Waals surface area (Å²) < 4.78 is 0. The summed E-state index contributed by atoms with van der Waals surface area (Å²) in [5.41, 5.74) is 2.38. The van der Waals surface area contributed by atoms with Gasteiger partial charge in [-0.15, -0.1) is 7.92 Å². The van der Waals surface area contributed by atoms with E-state index in [4.69, 9.17) is 0 Å². The zero-order valence-corrected chi connectivity index (χ0v) is 12.0. The number of hydrogen-bond donors (Lipinski definition) is 0. The van der Waals surface area contributed by atoms with Gasteiger partial charge in [-0.3, -0.25) is 0 Å². The molecule has 2 bridgehead atoms. The third kappa shape index (κ3) is 1.43. The lowest BCUT2D eigenvalue weighted by Crippen LogP contribution is -2.35. The van der Waals surface area contributed by atoms with Gasteiger partial charge in [0.1, 0.15) is 0 Å². The maximum atomic E-state index is 2.60. The second kappa shape index (κ2) is 3.73. The third-order valence-electron chi connectivity index (χ3n) is 6.00. The maximum Gasteiger partial charge on any atom is -0.0147 e. The molecule has 0 aromatic rings. The van der Waals surface area contributed by atoms with Crippen LogP contribution in [0.25, 0.3) is 0 Å². The minimum atomic E-state index is 0.321. The van der Waals surface area contributed by atoms with Crippen molar-refractivity contribution in [1.29, 1.82) is 0 Å². The highest BCUT2D eigenvalue weighted by molar-refractivity contribution is 7.58. The highest BCUT2D eigenvalue weighted by Gasteiger charge is 2.62. The van der Waals surface area contributed by atoms with Crippen LogP contribution in [0.3, 0.4) is 0 Å². The van der Waals surface area contributed by atoms with E-state index in [-0.39, 0.29) is 0 Å². The van der Waals surface area contributed by atoms with Crippen LogP contribution >= 0.6 is 7.92 Å². The van der Waals surface area contributed by atoms with Crippen molar-refractivity contribution in [3.05, 3.63) is 0 Å². The van der Waals surface area contributed by atoms with Crippen molar-refractivity contribution in [2.75, 3.05) is 12.3 Å². The van der Waals surface area contributed by atoms with Crippen LogP contribution in [0.15, 0.2) is 0 Å². The summed E-state index contributed by atoms with van der Waals surface area (Å²) in [6.07, 6.45) is 7.48. The van der Waals surface area contributed by atoms with Crippen molar-refractivity contribution in [3.8, 4) is 0 Å². The Kier molecular flexibility index (Phi) is 2.96. The van der Waals surface area contributed by atoms with E-state index >= 15 is 0 Å². The quantitative estimate of drug-likeness (QED) is 0.611. The molecule has 88 valence electrons. The van der Waals surface area contributed by atoms with Gasteiger partial charge in [0.25, 0.3) is 0 Å². The molecule has 2 saturated carbocycles. The molecule has 0 nitrogen and oxygen atoms in total. The molecule has 2 fully saturated rings. The lowest BCUT2D eigenvalue weighted by Gasteiger charge is -2.42. The smallest absolute Gasteiger partial charge is 0.0147 e. The van der Waals surface area contributed by atoms with Crippen molar-refractivity contribution in [3.63, 3.8) is 0 Å². The molecule has 15 heavy (non-hydrogen) atoms. The Morgan fingerprint density at radius 3 is 2.07 bits per heavy atom. The molecule has 3 unspecified atom stereocenters. The van der Waals surface area contributed by atoms with E-state index in [0.717, 1.165) is 11.6 Å². The second-order valence-corrected chi connectivity index (χ2v) is 9.41. The zero-order chi connectivity index (χ0) is 11.3. The van der Waals surface area contributed by atoms with Crippen LogP contribution in [0, 0.1) is 16.7 Å². The third-order valence-corrected chi connectivity index (χ3v) is 9.29. The summed E-state index contributed by atoms with van der Waals surface area (Å²) in [5.74, 6) is 1.04. The molecule has 2 rings (SSSR count). The Balaban J connectivity index is 2.25. The molecule has 0 aliphatic heterocycles. The average Bonchev–Trinajstić information content (AvgIpc) is 2.52. The standard InChI is InChI=1S/C14H27P/c1-6-15(7-2)12-10-11-8-9-14(12,5)13(11,3)4/h11-12H,6-10H2,1-5H3. The van der Waals surface area contributed by atoms with Crippen molar-refractivity contribution in [2.45, 2.75) is 59.5 Å². The largest absolute Gasteiger partial charge is 0.104 e. The first-order valence-corrected chi connectivity index (χ1v) is 8.49. The summed E-state index contributed by atoms with van der Waals surface area (Å²) in [7, 11) is 0.321. The average molecular weight is 226 g/mol. The van der Waals surface area contributed by atoms with E-state index in [9.17, 15) is 0 Å². The summed E-state index contributed by atoms with van der Waals surface area (Å²) >= 11 is 0. The summed E-state index contributed by atoms with van der Waals surface area (Å²) in [6, 6.07) is 0. The monoisotopic (exact) mass is 226 g/mol. The van der Waals surface area contributed by atoms with Gasteiger partial charge in [-0.25, -0.2) is 0 Å². The fourth-order valence-corrected chi connectivity index (χ4v) is 7.53. The fraction of sp³-hybridized carbons (Fsp3) is 1.00. The Bertz CT molecular complexity index is 242. The predicted octanol–water partition coefficient (Wildman–Crippen LogP) is 4.72. The van der Waals surface area contributed by atoms with E-state index in [1.165, 1.54) is 25.2 Å². The molecular formula is C14H27P. The minimum Gasteiger partial charge on any atom is -0.104 e. The highest BCUT2D eigenvalue weighted by Crippen LogP contribution is 2.72. The van der Waals surface area contributed by atoms with Gasteiger partial charge in [-0.05, 0) is 54.0 Å². The van der Waals surface area contributed by atoms with E-state index in [2.05, 4.69) is 34.6 Å². The molecule has 0 amide bonds. The lowest BCUT2D eigenvalue weighted by atomic mass is 9.71. The molecule has 0 radical (unpaired) electrons. The van der Waals surface area contributed by atoms with Gasteiger partial charge in [-0.2, -0.15) is 0 Å². The molecule has 0 aromatic heterocycles. The van der Waals surface area contributed by atoms with Gasteiger partial charge in [0, 0.05) is 0 Å². The molecule has 0 spiro atoms.